The van der Waals surface area contributed by atoms with E-state index in [1.54, 1.807) is 11.8 Å². The highest BCUT2D eigenvalue weighted by molar-refractivity contribution is 7.98. The van der Waals surface area contributed by atoms with Gasteiger partial charge < -0.3 is 15.2 Å². The number of carbonyl (C=O) groups excluding carboxylic acids is 1. The van der Waals surface area contributed by atoms with Crippen molar-refractivity contribution in [3.63, 3.8) is 0 Å². The molecule has 1 aromatic heterocycles. The summed E-state index contributed by atoms with van der Waals surface area (Å²) in [4.78, 5) is 14.6. The van der Waals surface area contributed by atoms with Gasteiger partial charge in [0.25, 0.3) is 0 Å². The molecule has 0 bridgehead atoms. The van der Waals surface area contributed by atoms with Crippen LogP contribution < -0.4 is 5.73 Å². The fourth-order valence-corrected chi connectivity index (χ4v) is 4.01. The number of thioether (sulfide) groups is 1. The van der Waals surface area contributed by atoms with Crippen molar-refractivity contribution >= 4 is 17.7 Å². The molecule has 1 amide bonds. The van der Waals surface area contributed by atoms with Gasteiger partial charge in [0, 0.05) is 26.6 Å². The Balaban J connectivity index is 1.49. The van der Waals surface area contributed by atoms with E-state index in [1.165, 1.54) is 0 Å². The quantitative estimate of drug-likeness (QED) is 0.783. The van der Waals surface area contributed by atoms with Gasteiger partial charge in [0.15, 0.2) is 5.16 Å². The first kappa shape index (κ1) is 18.9. The summed E-state index contributed by atoms with van der Waals surface area (Å²) in [6.45, 7) is 1.55. The number of nitrogens with two attached hydrogens (primary N) is 1. The smallest absolute Gasteiger partial charge is 0.239 e. The molecule has 0 spiro atoms. The second-order valence-corrected chi connectivity index (χ2v) is 7.70. The van der Waals surface area contributed by atoms with E-state index in [2.05, 4.69) is 14.8 Å². The highest BCUT2D eigenvalue weighted by atomic mass is 32.2. The monoisotopic (exact) mass is 373 g/mol. The minimum Gasteiger partial charge on any atom is -0.341 e. The Morgan fingerprint density at radius 2 is 1.96 bits per heavy atom. The van der Waals surface area contributed by atoms with Gasteiger partial charge in [-0.1, -0.05) is 42.1 Å². The van der Waals surface area contributed by atoms with Crippen molar-refractivity contribution in [2.45, 2.75) is 36.9 Å². The van der Waals surface area contributed by atoms with Gasteiger partial charge >= 0.3 is 0 Å². The van der Waals surface area contributed by atoms with Gasteiger partial charge in [-0.05, 0) is 37.0 Å². The molecule has 0 radical (unpaired) electrons. The van der Waals surface area contributed by atoms with Crippen molar-refractivity contribution < 1.29 is 4.79 Å². The van der Waals surface area contributed by atoms with Crippen molar-refractivity contribution in [3.05, 3.63) is 41.7 Å². The average molecular weight is 374 g/mol. The van der Waals surface area contributed by atoms with Crippen molar-refractivity contribution in [1.82, 2.24) is 19.7 Å². The molecule has 2 aromatic rings. The van der Waals surface area contributed by atoms with Gasteiger partial charge in [-0.3, -0.25) is 4.79 Å². The Bertz CT molecular complexity index is 725. The fraction of sp³-hybridized carbons (Fsp3) is 0.526. The highest BCUT2D eigenvalue weighted by Gasteiger charge is 2.27. The molecule has 1 fully saturated rings. The van der Waals surface area contributed by atoms with Crippen LogP contribution in [0.1, 0.15) is 24.2 Å². The second-order valence-electron chi connectivity index (χ2n) is 6.93. The molecule has 2 heterocycles. The molecular formula is C19H27N5OS. The third kappa shape index (κ3) is 4.45. The Hall–Kier alpha value is -1.86. The van der Waals surface area contributed by atoms with Crippen LogP contribution in [0.4, 0.5) is 0 Å². The normalized spacial score (nSPS) is 16.7. The minimum atomic E-state index is -0.461. The number of carbonyl (C=O) groups is 1. The zero-order chi connectivity index (χ0) is 18.5. The maximum atomic E-state index is 12.6. The van der Waals surface area contributed by atoms with E-state index in [-0.39, 0.29) is 5.91 Å². The van der Waals surface area contributed by atoms with Crippen LogP contribution in [0.25, 0.3) is 0 Å². The summed E-state index contributed by atoms with van der Waals surface area (Å²) < 4.78 is 2.07. The Morgan fingerprint density at radius 1 is 1.27 bits per heavy atom. The van der Waals surface area contributed by atoms with E-state index in [1.807, 2.05) is 48.5 Å². The second kappa shape index (κ2) is 8.68. The van der Waals surface area contributed by atoms with Crippen molar-refractivity contribution in [2.24, 2.45) is 18.7 Å². The maximum Gasteiger partial charge on any atom is 0.239 e. The predicted molar refractivity (Wildman–Crippen MR) is 104 cm³/mol. The van der Waals surface area contributed by atoms with Crippen LogP contribution in [-0.4, -0.2) is 51.0 Å². The molecule has 0 unspecified atom stereocenters. The summed E-state index contributed by atoms with van der Waals surface area (Å²) in [5.41, 5.74) is 7.27. The molecular weight excluding hydrogens is 346 g/mol. The molecule has 0 saturated carbocycles. The molecule has 1 saturated heterocycles. The fourth-order valence-electron chi connectivity index (χ4n) is 3.51. The number of rotatable bonds is 6. The number of aromatic nitrogens is 3. The summed E-state index contributed by atoms with van der Waals surface area (Å²) in [5.74, 6) is 1.64. The molecule has 1 aromatic carbocycles. The molecule has 140 valence electrons. The van der Waals surface area contributed by atoms with E-state index in [0.717, 1.165) is 48.9 Å². The molecule has 1 aliphatic heterocycles. The van der Waals surface area contributed by atoms with E-state index >= 15 is 0 Å². The van der Waals surface area contributed by atoms with Crippen molar-refractivity contribution in [2.75, 3.05) is 19.3 Å². The number of nitrogens with zero attached hydrogens (tertiary/aromatic N) is 4. The largest absolute Gasteiger partial charge is 0.341 e. The highest BCUT2D eigenvalue weighted by Crippen LogP contribution is 2.23. The van der Waals surface area contributed by atoms with E-state index in [0.29, 0.717) is 12.3 Å². The lowest BCUT2D eigenvalue weighted by Gasteiger charge is -2.33. The van der Waals surface area contributed by atoms with Crippen LogP contribution in [0.15, 0.2) is 35.5 Å². The van der Waals surface area contributed by atoms with Crippen LogP contribution in [0.5, 0.6) is 0 Å². The number of hydrogen-bond donors (Lipinski definition) is 1. The van der Waals surface area contributed by atoms with Gasteiger partial charge in [0.05, 0.1) is 6.04 Å². The van der Waals surface area contributed by atoms with E-state index in [9.17, 15) is 4.79 Å². The van der Waals surface area contributed by atoms with Gasteiger partial charge in [0.2, 0.25) is 5.91 Å². The lowest BCUT2D eigenvalue weighted by molar-refractivity contribution is -0.134. The number of benzene rings is 1. The van der Waals surface area contributed by atoms with Crippen LogP contribution in [0.2, 0.25) is 0 Å². The van der Waals surface area contributed by atoms with Crippen molar-refractivity contribution in [3.8, 4) is 0 Å². The van der Waals surface area contributed by atoms with E-state index in [4.69, 9.17) is 5.73 Å². The molecule has 7 heteroatoms. The minimum absolute atomic E-state index is 0.0654. The summed E-state index contributed by atoms with van der Waals surface area (Å²) in [6, 6.07) is 9.50. The first-order valence-corrected chi connectivity index (χ1v) is 10.3. The standard InChI is InChI=1S/C19H27N5OS/c1-23-17(21-22-19(23)26-2)13-15-8-10-24(11-9-15)18(25)16(20)12-14-6-4-3-5-7-14/h3-7,15-16H,8-13,20H2,1-2H3/t16-/m1/s1. The SMILES string of the molecule is CSc1nnc(CC2CCN(C(=O)[C@H](N)Cc3ccccc3)CC2)n1C. The molecule has 3 rings (SSSR count). The Kier molecular flexibility index (Phi) is 6.32. The first-order valence-electron chi connectivity index (χ1n) is 9.09. The Morgan fingerprint density at radius 3 is 2.58 bits per heavy atom. The summed E-state index contributed by atoms with van der Waals surface area (Å²) >= 11 is 1.61. The first-order chi connectivity index (χ1) is 12.6. The van der Waals surface area contributed by atoms with Crippen LogP contribution in [-0.2, 0) is 24.7 Å². The Labute approximate surface area is 159 Å². The van der Waals surface area contributed by atoms with Crippen molar-refractivity contribution in [1.29, 1.82) is 0 Å². The van der Waals surface area contributed by atoms with Gasteiger partial charge in [0.1, 0.15) is 5.82 Å². The van der Waals surface area contributed by atoms with Crippen LogP contribution in [0.3, 0.4) is 0 Å². The zero-order valence-corrected chi connectivity index (χ0v) is 16.3. The van der Waals surface area contributed by atoms with Crippen LogP contribution in [0, 0.1) is 5.92 Å². The van der Waals surface area contributed by atoms with Gasteiger partial charge in [-0.2, -0.15) is 0 Å². The lowest BCUT2D eigenvalue weighted by Crippen LogP contribution is -2.48. The van der Waals surface area contributed by atoms with Gasteiger partial charge in [-0.25, -0.2) is 0 Å². The molecule has 0 aliphatic carbocycles. The summed E-state index contributed by atoms with van der Waals surface area (Å²) in [5, 5.41) is 9.45. The number of hydrogen-bond acceptors (Lipinski definition) is 5. The summed E-state index contributed by atoms with van der Waals surface area (Å²) in [7, 11) is 2.02. The molecule has 6 nitrogen and oxygen atoms in total. The van der Waals surface area contributed by atoms with Crippen LogP contribution >= 0.6 is 11.8 Å². The van der Waals surface area contributed by atoms with Gasteiger partial charge in [-0.15, -0.1) is 10.2 Å². The number of likely N-dealkylation sites (tertiary alicyclic amines) is 1. The maximum absolute atomic E-state index is 12.6. The third-order valence-corrected chi connectivity index (χ3v) is 5.84. The topological polar surface area (TPSA) is 77.0 Å². The third-order valence-electron chi connectivity index (χ3n) is 5.12. The molecule has 2 N–H and O–H groups in total. The number of amides is 1. The lowest BCUT2D eigenvalue weighted by atomic mass is 9.92. The molecule has 26 heavy (non-hydrogen) atoms. The summed E-state index contributed by atoms with van der Waals surface area (Å²) in [6.07, 6.45) is 5.51. The number of piperidine rings is 1. The molecule has 1 atom stereocenters. The van der Waals surface area contributed by atoms with E-state index < -0.39 is 6.04 Å². The average Bonchev–Trinajstić information content (AvgIpc) is 3.02. The predicted octanol–water partition coefficient (Wildman–Crippen LogP) is 1.89. The zero-order valence-electron chi connectivity index (χ0n) is 15.5. The molecule has 1 aliphatic rings.